The fraction of sp³-hybridized carbons (Fsp3) is 0.311. The van der Waals surface area contributed by atoms with Gasteiger partial charge in [-0.1, -0.05) is 42.5 Å². The smallest absolute Gasteiger partial charge is 0.254 e. The lowest BCUT2D eigenvalue weighted by Gasteiger charge is -2.39. The summed E-state index contributed by atoms with van der Waals surface area (Å²) in [5.74, 6) is 0.378. The highest BCUT2D eigenvalue weighted by molar-refractivity contribution is 6.04. The Labute approximate surface area is 338 Å². The van der Waals surface area contributed by atoms with E-state index in [4.69, 9.17) is 14.2 Å². The van der Waals surface area contributed by atoms with E-state index in [2.05, 4.69) is 40.1 Å². The number of rotatable bonds is 8. The number of carbonyl (C=O) groups is 2. The van der Waals surface area contributed by atoms with Gasteiger partial charge in [-0.05, 0) is 96.6 Å². The first-order chi connectivity index (χ1) is 27.4. The molecule has 2 fully saturated rings. The van der Waals surface area contributed by atoms with Crippen molar-refractivity contribution in [1.29, 1.82) is 5.26 Å². The molecule has 0 saturated carbocycles. The molecule has 4 aromatic rings. The minimum absolute atomic E-state index is 0. The van der Waals surface area contributed by atoms with Crippen LogP contribution < -0.4 is 14.4 Å². The van der Waals surface area contributed by atoms with Gasteiger partial charge in [0.25, 0.3) is 5.91 Å². The Balaban J connectivity index is 0.00000455. The number of aromatic hydroxyl groups is 1. The minimum atomic E-state index is -0.582. The van der Waals surface area contributed by atoms with Gasteiger partial charge < -0.3 is 29.1 Å². The number of nitrogens with zero attached hydrogens (tertiary/aromatic N) is 5. The van der Waals surface area contributed by atoms with Crippen molar-refractivity contribution in [3.63, 3.8) is 0 Å². The molecule has 4 aromatic carbocycles. The highest BCUT2D eigenvalue weighted by atomic mass is 35.5. The molecule has 2 saturated heterocycles. The zero-order chi connectivity index (χ0) is 38.2. The molecule has 0 spiro atoms. The van der Waals surface area contributed by atoms with E-state index in [9.17, 15) is 10.4 Å². The van der Waals surface area contributed by atoms with Crippen LogP contribution in [0.2, 0.25) is 0 Å². The van der Waals surface area contributed by atoms with Gasteiger partial charge in [0.1, 0.15) is 5.75 Å². The summed E-state index contributed by atoms with van der Waals surface area (Å²) in [5, 5.41) is 19.9. The van der Waals surface area contributed by atoms with Crippen molar-refractivity contribution < 1.29 is 28.9 Å². The maximum Gasteiger partial charge on any atom is 0.254 e. The summed E-state index contributed by atoms with van der Waals surface area (Å²) >= 11 is 0. The van der Waals surface area contributed by atoms with E-state index in [1.54, 1.807) is 47.4 Å². The molecule has 3 atom stereocenters. The maximum atomic E-state index is 15.2. The van der Waals surface area contributed by atoms with Crippen molar-refractivity contribution in [1.82, 2.24) is 14.7 Å². The van der Waals surface area contributed by atoms with Crippen LogP contribution in [0.5, 0.6) is 17.2 Å². The van der Waals surface area contributed by atoms with Crippen LogP contribution >= 0.6 is 12.4 Å². The summed E-state index contributed by atoms with van der Waals surface area (Å²) in [6, 6.07) is 27.5. The second-order valence-electron chi connectivity index (χ2n) is 14.9. The molecule has 5 aliphatic heterocycles. The van der Waals surface area contributed by atoms with Crippen LogP contribution in [0.3, 0.4) is 0 Å². The van der Waals surface area contributed by atoms with E-state index < -0.39 is 5.92 Å². The number of benzene rings is 4. The van der Waals surface area contributed by atoms with Gasteiger partial charge in [-0.25, -0.2) is 0 Å². The fourth-order valence-corrected chi connectivity index (χ4v) is 8.85. The molecule has 5 aliphatic rings. The van der Waals surface area contributed by atoms with Gasteiger partial charge in [-0.2, -0.15) is 5.26 Å². The van der Waals surface area contributed by atoms with Crippen molar-refractivity contribution in [2.24, 2.45) is 5.92 Å². The van der Waals surface area contributed by atoms with Crippen LogP contribution in [0, 0.1) is 17.2 Å². The van der Waals surface area contributed by atoms with Crippen molar-refractivity contribution in [2.75, 3.05) is 51.1 Å². The number of anilines is 2. The zero-order valence-electron chi connectivity index (χ0n) is 31.5. The van der Waals surface area contributed by atoms with Gasteiger partial charge >= 0.3 is 0 Å². The van der Waals surface area contributed by atoms with Crippen LogP contribution in [-0.4, -0.2) is 83.8 Å². The monoisotopic (exact) mass is 785 g/mol. The number of fused-ring (bicyclic) bond motifs is 3. The first kappa shape index (κ1) is 38.1. The number of hydrogen-bond acceptors (Lipinski definition) is 9. The molecule has 1 N–H and O–H groups in total. The number of allylic oxidation sites excluding steroid dienone is 2. The van der Waals surface area contributed by atoms with Crippen LogP contribution in [0.25, 0.3) is 0 Å². The number of nitriles is 1. The van der Waals surface area contributed by atoms with E-state index in [1.165, 1.54) is 5.56 Å². The van der Waals surface area contributed by atoms with Crippen LogP contribution in [0.1, 0.15) is 51.5 Å². The second kappa shape index (κ2) is 16.4. The number of halogens is 1. The van der Waals surface area contributed by atoms with Gasteiger partial charge in [-0.15, -0.1) is 12.4 Å². The molecular weight excluding hydrogens is 742 g/mol. The van der Waals surface area contributed by atoms with Crippen molar-refractivity contribution in [2.45, 2.75) is 37.9 Å². The van der Waals surface area contributed by atoms with Crippen LogP contribution in [0.4, 0.5) is 11.4 Å². The first-order valence-electron chi connectivity index (χ1n) is 19.3. The van der Waals surface area contributed by atoms with E-state index in [0.717, 1.165) is 62.5 Å². The van der Waals surface area contributed by atoms with Gasteiger partial charge in [0.15, 0.2) is 11.5 Å². The van der Waals surface area contributed by atoms with E-state index >= 15 is 9.59 Å². The highest BCUT2D eigenvalue weighted by Crippen LogP contribution is 2.49. The molecule has 0 aliphatic carbocycles. The molecular formula is C45H44ClN5O6. The number of carbonyl (C=O) groups excluding carboxylic acids is 2. The van der Waals surface area contributed by atoms with Gasteiger partial charge in [0.2, 0.25) is 12.7 Å². The Morgan fingerprint density at radius 2 is 1.68 bits per heavy atom. The lowest BCUT2D eigenvalue weighted by atomic mass is 9.89. The number of morpholine rings is 1. The fourth-order valence-electron chi connectivity index (χ4n) is 8.85. The lowest BCUT2D eigenvalue weighted by molar-refractivity contribution is -0.120. The topological polar surface area (TPSA) is 119 Å². The number of ether oxygens (including phenoxy) is 3. The summed E-state index contributed by atoms with van der Waals surface area (Å²) in [5.41, 5.74) is 6.18. The molecule has 57 heavy (non-hydrogen) atoms. The van der Waals surface area contributed by atoms with E-state index in [0.29, 0.717) is 53.5 Å². The van der Waals surface area contributed by atoms with Gasteiger partial charge in [0, 0.05) is 55.7 Å². The summed E-state index contributed by atoms with van der Waals surface area (Å²) in [7, 11) is 0. The van der Waals surface area contributed by atoms with Crippen molar-refractivity contribution in [3.05, 3.63) is 137 Å². The van der Waals surface area contributed by atoms with Crippen molar-refractivity contribution in [3.8, 4) is 23.3 Å². The molecule has 0 bridgehead atoms. The molecule has 0 aromatic heterocycles. The largest absolute Gasteiger partial charge is 0.508 e. The molecule has 292 valence electrons. The standard InChI is InChI=1S/C45H43N5O6.ClH/c46-27-30-6-5-9-35(22-30)50(33-11-13-36(51)14-12-33)45(53)39-24-41(48-16-4-3-10-40(39)48)37-25-42-43(56-29-55-42)26-38(37)44(52)49-28-32-8-2-1-7-31(32)23-34(49)15-17-47-18-20-54-21-19-47;/h1-14,22,25-26,34,39,41,51H,15-21,23-24,28-29H2;1H/t34-,39?,41?;/m1./s1. The second-order valence-corrected chi connectivity index (χ2v) is 14.9. The maximum absolute atomic E-state index is 15.2. The minimum Gasteiger partial charge on any atom is -0.508 e. The van der Waals surface area contributed by atoms with Crippen LogP contribution in [0.15, 0.2) is 109 Å². The molecule has 0 radical (unpaired) electrons. The Hall–Kier alpha value is -5.80. The van der Waals surface area contributed by atoms with Crippen LogP contribution in [-0.2, 0) is 22.5 Å². The third-order valence-corrected chi connectivity index (χ3v) is 11.7. The van der Waals surface area contributed by atoms with E-state index in [1.807, 2.05) is 41.3 Å². The quantitative estimate of drug-likeness (QED) is 0.204. The Kier molecular flexibility index (Phi) is 10.9. The molecule has 5 heterocycles. The average molecular weight is 786 g/mol. The third-order valence-electron chi connectivity index (χ3n) is 11.7. The molecule has 2 unspecified atom stereocenters. The number of hydrogen-bond donors (Lipinski definition) is 1. The summed E-state index contributed by atoms with van der Waals surface area (Å²) in [6.45, 7) is 5.24. The Morgan fingerprint density at radius 3 is 2.47 bits per heavy atom. The zero-order valence-corrected chi connectivity index (χ0v) is 32.3. The Bertz CT molecular complexity index is 2260. The third kappa shape index (κ3) is 7.44. The number of phenolic OH excluding ortho intramolecular Hbond substituents is 1. The molecule has 12 heteroatoms. The highest BCUT2D eigenvalue weighted by Gasteiger charge is 2.45. The predicted octanol–water partition coefficient (Wildman–Crippen LogP) is 6.89. The first-order valence-corrected chi connectivity index (χ1v) is 19.3. The summed E-state index contributed by atoms with van der Waals surface area (Å²) in [4.78, 5) is 38.6. The lowest BCUT2D eigenvalue weighted by Crippen LogP contribution is -2.47. The number of phenols is 1. The van der Waals surface area contributed by atoms with Gasteiger partial charge in [-0.3, -0.25) is 19.4 Å². The summed E-state index contributed by atoms with van der Waals surface area (Å²) < 4.78 is 17.4. The van der Waals surface area contributed by atoms with Crippen molar-refractivity contribution >= 4 is 35.6 Å². The SMILES string of the molecule is Cl.N#Cc1cccc(N(C(=O)C2CC(c3cc4c(cc3C(=O)N3Cc5ccccc5C[C@H]3CCN3CCOCC3)OCO4)N3CC=CC=C23)c2ccc(O)cc2)c1. The molecule has 11 nitrogen and oxygen atoms in total. The summed E-state index contributed by atoms with van der Waals surface area (Å²) in [6.07, 6.45) is 8.05. The Morgan fingerprint density at radius 1 is 0.912 bits per heavy atom. The normalized spacial score (nSPS) is 20.8. The number of amides is 2. The van der Waals surface area contributed by atoms with E-state index in [-0.39, 0.29) is 48.8 Å². The average Bonchev–Trinajstić information content (AvgIpc) is 3.88. The van der Waals surface area contributed by atoms with Gasteiger partial charge in [0.05, 0.1) is 42.5 Å². The predicted molar refractivity (Wildman–Crippen MR) is 217 cm³/mol. The molecule has 9 rings (SSSR count). The molecule has 2 amide bonds.